The maximum absolute atomic E-state index is 12.5. The Bertz CT molecular complexity index is 593. The molecule has 0 heterocycles. The van der Waals surface area contributed by atoms with E-state index >= 15 is 0 Å². The minimum absolute atomic E-state index is 0. The number of hydrogen-bond acceptors (Lipinski definition) is 4. The molecule has 0 spiro atoms. The SMILES string of the molecule is COCC(N)C(=O)Nc1ccc(Cl)c(C(=O)NC2CCCCC2)c1.Cl. The minimum atomic E-state index is -0.773. The van der Waals surface area contributed by atoms with Crippen molar-refractivity contribution in [3.05, 3.63) is 28.8 Å². The molecule has 8 heteroatoms. The summed E-state index contributed by atoms with van der Waals surface area (Å²) in [6.45, 7) is 0.119. The molecule has 0 bridgehead atoms. The van der Waals surface area contributed by atoms with Gasteiger partial charge in [0.25, 0.3) is 5.91 Å². The first-order valence-electron chi connectivity index (χ1n) is 8.17. The fourth-order valence-corrected chi connectivity index (χ4v) is 2.98. The first-order valence-corrected chi connectivity index (χ1v) is 8.55. The van der Waals surface area contributed by atoms with Crippen LogP contribution in [-0.2, 0) is 9.53 Å². The van der Waals surface area contributed by atoms with E-state index in [1.54, 1.807) is 18.2 Å². The van der Waals surface area contributed by atoms with Crippen molar-refractivity contribution in [3.63, 3.8) is 0 Å². The van der Waals surface area contributed by atoms with Crippen molar-refractivity contribution in [2.24, 2.45) is 5.73 Å². The van der Waals surface area contributed by atoms with E-state index in [-0.39, 0.29) is 36.9 Å². The van der Waals surface area contributed by atoms with Crippen LogP contribution in [0.15, 0.2) is 18.2 Å². The first-order chi connectivity index (χ1) is 11.5. The van der Waals surface area contributed by atoms with Crippen LogP contribution >= 0.6 is 24.0 Å². The lowest BCUT2D eigenvalue weighted by molar-refractivity contribution is -0.118. The van der Waals surface area contributed by atoms with Crippen LogP contribution in [0.4, 0.5) is 5.69 Å². The lowest BCUT2D eigenvalue weighted by atomic mass is 9.95. The molecule has 1 fully saturated rings. The molecule has 0 aliphatic heterocycles. The predicted octanol–water partition coefficient (Wildman–Crippen LogP) is 2.74. The molecular weight excluding hydrogens is 365 g/mol. The Morgan fingerprint density at radius 3 is 2.64 bits per heavy atom. The summed E-state index contributed by atoms with van der Waals surface area (Å²) in [6.07, 6.45) is 5.46. The molecular formula is C17H25Cl2N3O3. The summed E-state index contributed by atoms with van der Waals surface area (Å²) in [7, 11) is 1.48. The molecule has 1 atom stereocenters. The van der Waals surface area contributed by atoms with Crippen molar-refractivity contribution in [2.45, 2.75) is 44.2 Å². The van der Waals surface area contributed by atoms with Gasteiger partial charge in [-0.2, -0.15) is 0 Å². The summed E-state index contributed by atoms with van der Waals surface area (Å²) < 4.78 is 4.86. The number of carbonyl (C=O) groups excluding carboxylic acids is 2. The zero-order chi connectivity index (χ0) is 17.5. The Hall–Kier alpha value is -1.34. The number of halogens is 2. The number of nitrogens with two attached hydrogens (primary N) is 1. The van der Waals surface area contributed by atoms with Crippen LogP contribution in [0.25, 0.3) is 0 Å². The van der Waals surface area contributed by atoms with Crippen LogP contribution in [0.5, 0.6) is 0 Å². The van der Waals surface area contributed by atoms with Gasteiger partial charge in [0, 0.05) is 18.8 Å². The summed E-state index contributed by atoms with van der Waals surface area (Å²) in [6, 6.07) is 4.21. The highest BCUT2D eigenvalue weighted by Gasteiger charge is 2.19. The van der Waals surface area contributed by atoms with E-state index in [0.29, 0.717) is 16.3 Å². The summed E-state index contributed by atoms with van der Waals surface area (Å²) in [5.74, 6) is -0.595. The van der Waals surface area contributed by atoms with Gasteiger partial charge in [0.05, 0.1) is 17.2 Å². The summed E-state index contributed by atoms with van der Waals surface area (Å²) in [5.41, 5.74) is 6.51. The van der Waals surface area contributed by atoms with Crippen LogP contribution in [-0.4, -0.2) is 37.6 Å². The average Bonchev–Trinajstić information content (AvgIpc) is 2.57. The van der Waals surface area contributed by atoms with Gasteiger partial charge < -0.3 is 21.1 Å². The number of benzene rings is 1. The lowest BCUT2D eigenvalue weighted by Crippen LogP contribution is -2.39. The topological polar surface area (TPSA) is 93.4 Å². The van der Waals surface area contributed by atoms with Crippen LogP contribution in [0.2, 0.25) is 5.02 Å². The number of rotatable bonds is 6. The second kappa shape index (κ2) is 10.6. The van der Waals surface area contributed by atoms with Gasteiger partial charge in [-0.15, -0.1) is 12.4 Å². The predicted molar refractivity (Wildman–Crippen MR) is 102 cm³/mol. The van der Waals surface area contributed by atoms with Crippen LogP contribution < -0.4 is 16.4 Å². The normalized spacial score (nSPS) is 15.8. The molecule has 1 aromatic carbocycles. The summed E-state index contributed by atoms with van der Waals surface area (Å²) in [5, 5.41) is 6.04. The standard InChI is InChI=1S/C17H24ClN3O3.ClH/c1-24-10-15(19)17(23)21-12-7-8-14(18)13(9-12)16(22)20-11-5-3-2-4-6-11;/h7-9,11,15H,2-6,10,19H2,1H3,(H,20,22)(H,21,23);1H. The molecule has 0 aromatic heterocycles. The average molecular weight is 390 g/mol. The second-order valence-corrected chi connectivity index (χ2v) is 6.46. The van der Waals surface area contributed by atoms with Crippen molar-refractivity contribution in [3.8, 4) is 0 Å². The molecule has 1 saturated carbocycles. The number of anilines is 1. The Morgan fingerprint density at radius 1 is 1.32 bits per heavy atom. The van der Waals surface area contributed by atoms with Gasteiger partial charge in [0.15, 0.2) is 0 Å². The third-order valence-corrected chi connectivity index (χ3v) is 4.43. The van der Waals surface area contributed by atoms with Gasteiger partial charge in [0.2, 0.25) is 5.91 Å². The lowest BCUT2D eigenvalue weighted by Gasteiger charge is -2.23. The largest absolute Gasteiger partial charge is 0.383 e. The quantitative estimate of drug-likeness (QED) is 0.696. The number of amides is 2. The van der Waals surface area contributed by atoms with Gasteiger partial charge in [0.1, 0.15) is 6.04 Å². The van der Waals surface area contributed by atoms with Crippen molar-refractivity contribution < 1.29 is 14.3 Å². The number of carbonyl (C=O) groups is 2. The molecule has 0 radical (unpaired) electrons. The zero-order valence-electron chi connectivity index (χ0n) is 14.2. The van der Waals surface area contributed by atoms with Crippen molar-refractivity contribution in [1.82, 2.24) is 5.32 Å². The Balaban J connectivity index is 0.00000312. The smallest absolute Gasteiger partial charge is 0.253 e. The molecule has 2 amide bonds. The molecule has 6 nitrogen and oxygen atoms in total. The monoisotopic (exact) mass is 389 g/mol. The van der Waals surface area contributed by atoms with Crippen molar-refractivity contribution in [2.75, 3.05) is 19.0 Å². The highest BCUT2D eigenvalue weighted by atomic mass is 35.5. The van der Waals surface area contributed by atoms with E-state index in [2.05, 4.69) is 10.6 Å². The fourth-order valence-electron chi connectivity index (χ4n) is 2.78. The maximum Gasteiger partial charge on any atom is 0.253 e. The third kappa shape index (κ3) is 6.47. The van der Waals surface area contributed by atoms with Gasteiger partial charge in [-0.25, -0.2) is 0 Å². The molecule has 1 aliphatic carbocycles. The van der Waals surface area contributed by atoms with Crippen LogP contribution in [0.1, 0.15) is 42.5 Å². The molecule has 4 N–H and O–H groups in total. The highest BCUT2D eigenvalue weighted by Crippen LogP contribution is 2.23. The van der Waals surface area contributed by atoms with E-state index in [0.717, 1.165) is 25.7 Å². The Labute approximate surface area is 159 Å². The molecule has 1 aliphatic rings. The van der Waals surface area contributed by atoms with E-state index in [1.165, 1.54) is 13.5 Å². The summed E-state index contributed by atoms with van der Waals surface area (Å²) in [4.78, 5) is 24.4. The Kier molecular flexibility index (Phi) is 9.21. The number of nitrogens with one attached hydrogen (secondary N) is 2. The highest BCUT2D eigenvalue weighted by molar-refractivity contribution is 6.34. The van der Waals surface area contributed by atoms with E-state index in [1.807, 2.05) is 0 Å². The number of ether oxygens (including phenoxy) is 1. The molecule has 0 saturated heterocycles. The molecule has 1 unspecified atom stereocenters. The van der Waals surface area contributed by atoms with Gasteiger partial charge in [-0.1, -0.05) is 30.9 Å². The number of hydrogen-bond donors (Lipinski definition) is 3. The fraction of sp³-hybridized carbons (Fsp3) is 0.529. The van der Waals surface area contributed by atoms with Gasteiger partial charge in [-0.05, 0) is 31.0 Å². The number of methoxy groups -OCH3 is 1. The van der Waals surface area contributed by atoms with E-state index < -0.39 is 6.04 Å². The third-order valence-electron chi connectivity index (χ3n) is 4.10. The maximum atomic E-state index is 12.5. The van der Waals surface area contributed by atoms with Crippen molar-refractivity contribution >= 4 is 41.5 Å². The second-order valence-electron chi connectivity index (χ2n) is 6.05. The van der Waals surface area contributed by atoms with Crippen LogP contribution in [0.3, 0.4) is 0 Å². The van der Waals surface area contributed by atoms with Crippen molar-refractivity contribution in [1.29, 1.82) is 0 Å². The van der Waals surface area contributed by atoms with E-state index in [4.69, 9.17) is 22.1 Å². The molecule has 2 rings (SSSR count). The van der Waals surface area contributed by atoms with E-state index in [9.17, 15) is 9.59 Å². The minimum Gasteiger partial charge on any atom is -0.383 e. The first kappa shape index (κ1) is 21.7. The Morgan fingerprint density at radius 2 is 2.00 bits per heavy atom. The molecule has 1 aromatic rings. The zero-order valence-corrected chi connectivity index (χ0v) is 15.8. The molecule has 140 valence electrons. The van der Waals surface area contributed by atoms with Gasteiger partial charge in [-0.3, -0.25) is 9.59 Å². The summed E-state index contributed by atoms with van der Waals surface area (Å²) >= 11 is 6.14. The molecule has 25 heavy (non-hydrogen) atoms. The van der Waals surface area contributed by atoms with Crippen LogP contribution in [0, 0.1) is 0 Å². The van der Waals surface area contributed by atoms with Gasteiger partial charge >= 0.3 is 0 Å².